The summed E-state index contributed by atoms with van der Waals surface area (Å²) < 4.78 is 1.17. The Morgan fingerprint density at radius 2 is 1.71 bits per heavy atom. The molecule has 112 valence electrons. The van der Waals surface area contributed by atoms with Gasteiger partial charge in [0.25, 0.3) is 0 Å². The molecule has 2 aromatic rings. The Bertz CT molecular complexity index is 632. The van der Waals surface area contributed by atoms with Crippen LogP contribution in [0.15, 0.2) is 34.8 Å². The molecule has 0 heterocycles. The normalized spacial score (nSPS) is 12.5. The van der Waals surface area contributed by atoms with E-state index in [4.69, 9.17) is 23.2 Å². The molecule has 0 aliphatic rings. The summed E-state index contributed by atoms with van der Waals surface area (Å²) in [6, 6.07) is 10.3. The van der Waals surface area contributed by atoms with E-state index in [1.807, 2.05) is 19.2 Å². The minimum absolute atomic E-state index is 0.217. The van der Waals surface area contributed by atoms with Crippen molar-refractivity contribution in [2.45, 2.75) is 26.3 Å². The number of benzene rings is 2. The van der Waals surface area contributed by atoms with Gasteiger partial charge in [0, 0.05) is 20.6 Å². The van der Waals surface area contributed by atoms with E-state index < -0.39 is 0 Å². The predicted molar refractivity (Wildman–Crippen MR) is 95.6 cm³/mol. The van der Waals surface area contributed by atoms with Crippen LogP contribution < -0.4 is 5.32 Å². The monoisotopic (exact) mass is 385 g/mol. The molecule has 1 nitrogen and oxygen atoms in total. The number of halogens is 3. The van der Waals surface area contributed by atoms with E-state index in [0.29, 0.717) is 10.0 Å². The Hall–Kier alpha value is -0.540. The van der Waals surface area contributed by atoms with Gasteiger partial charge in [0.1, 0.15) is 0 Å². The van der Waals surface area contributed by atoms with Crippen LogP contribution in [0.3, 0.4) is 0 Å². The highest BCUT2D eigenvalue weighted by Crippen LogP contribution is 2.29. The zero-order valence-electron chi connectivity index (χ0n) is 12.3. The average molecular weight is 387 g/mol. The van der Waals surface area contributed by atoms with Crippen molar-refractivity contribution in [1.29, 1.82) is 0 Å². The summed E-state index contributed by atoms with van der Waals surface area (Å²) in [5, 5.41) is 4.76. The Morgan fingerprint density at radius 3 is 2.24 bits per heavy atom. The summed E-state index contributed by atoms with van der Waals surface area (Å²) in [5.41, 5.74) is 4.85. The van der Waals surface area contributed by atoms with Gasteiger partial charge in [-0.25, -0.2) is 0 Å². The lowest BCUT2D eigenvalue weighted by Crippen LogP contribution is -2.19. The molecule has 1 unspecified atom stereocenters. The van der Waals surface area contributed by atoms with Crippen molar-refractivity contribution < 1.29 is 0 Å². The van der Waals surface area contributed by atoms with E-state index >= 15 is 0 Å². The van der Waals surface area contributed by atoms with Crippen molar-refractivity contribution in [3.05, 3.63) is 67.1 Å². The minimum atomic E-state index is 0.217. The first-order chi connectivity index (χ1) is 9.92. The maximum absolute atomic E-state index is 6.29. The predicted octanol–water partition coefficient (Wildman–Crippen LogP) is 5.88. The van der Waals surface area contributed by atoms with Gasteiger partial charge in [-0.05, 0) is 61.7 Å². The van der Waals surface area contributed by atoms with E-state index in [2.05, 4.69) is 47.2 Å². The van der Waals surface area contributed by atoms with Gasteiger partial charge < -0.3 is 5.32 Å². The molecule has 0 amide bonds. The molecule has 0 saturated carbocycles. The summed E-state index contributed by atoms with van der Waals surface area (Å²) in [4.78, 5) is 0. The second-order valence-electron chi connectivity index (χ2n) is 5.25. The smallest absolute Gasteiger partial charge is 0.0453 e. The molecule has 0 spiro atoms. The van der Waals surface area contributed by atoms with Gasteiger partial charge >= 0.3 is 0 Å². The second-order valence-corrected chi connectivity index (χ2v) is 6.89. The Kier molecular flexibility index (Phi) is 5.73. The van der Waals surface area contributed by atoms with Crippen molar-refractivity contribution in [2.75, 3.05) is 7.05 Å². The molecule has 0 aliphatic carbocycles. The van der Waals surface area contributed by atoms with E-state index in [-0.39, 0.29) is 6.04 Å². The molecule has 1 atom stereocenters. The molecular weight excluding hydrogens is 369 g/mol. The topological polar surface area (TPSA) is 12.0 Å². The third-order valence-electron chi connectivity index (χ3n) is 3.65. The van der Waals surface area contributed by atoms with Crippen LogP contribution in [0.5, 0.6) is 0 Å². The Morgan fingerprint density at radius 1 is 1.10 bits per heavy atom. The first-order valence-electron chi connectivity index (χ1n) is 6.80. The van der Waals surface area contributed by atoms with Gasteiger partial charge in [-0.1, -0.05) is 57.3 Å². The third-order valence-corrected chi connectivity index (χ3v) is 5.49. The summed E-state index contributed by atoms with van der Waals surface area (Å²) in [6.45, 7) is 4.23. The zero-order chi connectivity index (χ0) is 15.6. The van der Waals surface area contributed by atoms with Crippen LogP contribution in [0.2, 0.25) is 10.0 Å². The lowest BCUT2D eigenvalue weighted by molar-refractivity contribution is 0.591. The minimum Gasteiger partial charge on any atom is -0.313 e. The van der Waals surface area contributed by atoms with Crippen LogP contribution in [0.25, 0.3) is 0 Å². The number of aryl methyl sites for hydroxylation is 2. The zero-order valence-corrected chi connectivity index (χ0v) is 15.4. The van der Waals surface area contributed by atoms with Gasteiger partial charge in [0.2, 0.25) is 0 Å². The van der Waals surface area contributed by atoms with E-state index in [0.717, 1.165) is 12.0 Å². The van der Waals surface area contributed by atoms with E-state index in [1.54, 1.807) is 6.07 Å². The fourth-order valence-electron chi connectivity index (χ4n) is 2.47. The Balaban J connectivity index is 2.32. The first-order valence-corrected chi connectivity index (χ1v) is 8.35. The van der Waals surface area contributed by atoms with E-state index in [9.17, 15) is 0 Å². The molecule has 4 heteroatoms. The summed E-state index contributed by atoms with van der Waals surface area (Å²) >= 11 is 15.9. The lowest BCUT2D eigenvalue weighted by atomic mass is 9.96. The second kappa shape index (κ2) is 7.15. The quantitative estimate of drug-likeness (QED) is 0.692. The maximum Gasteiger partial charge on any atom is 0.0453 e. The van der Waals surface area contributed by atoms with Crippen LogP contribution in [0.4, 0.5) is 0 Å². The van der Waals surface area contributed by atoms with Crippen LogP contribution >= 0.6 is 39.1 Å². The summed E-state index contributed by atoms with van der Waals surface area (Å²) in [7, 11) is 1.97. The molecule has 0 saturated heterocycles. The number of hydrogen-bond acceptors (Lipinski definition) is 1. The molecule has 0 aromatic heterocycles. The molecule has 0 aliphatic heterocycles. The fraction of sp³-hybridized carbons (Fsp3) is 0.294. The van der Waals surface area contributed by atoms with Crippen LogP contribution in [0, 0.1) is 13.8 Å². The van der Waals surface area contributed by atoms with Gasteiger partial charge in [-0.3, -0.25) is 0 Å². The molecule has 21 heavy (non-hydrogen) atoms. The van der Waals surface area contributed by atoms with Crippen LogP contribution in [-0.4, -0.2) is 7.05 Å². The first kappa shape index (κ1) is 16.8. The SMILES string of the molecule is CNC(Cc1ccc(Cl)cc1Cl)c1cc(C)c(Br)c(C)c1. The van der Waals surface area contributed by atoms with Crippen LogP contribution in [-0.2, 0) is 6.42 Å². The lowest BCUT2D eigenvalue weighted by Gasteiger charge is -2.19. The largest absolute Gasteiger partial charge is 0.313 e. The third kappa shape index (κ3) is 4.01. The van der Waals surface area contributed by atoms with Crippen LogP contribution in [0.1, 0.15) is 28.3 Å². The maximum atomic E-state index is 6.29. The van der Waals surface area contributed by atoms with Gasteiger partial charge in [-0.2, -0.15) is 0 Å². The van der Waals surface area contributed by atoms with Crippen molar-refractivity contribution >= 4 is 39.1 Å². The molecule has 1 N–H and O–H groups in total. The van der Waals surface area contributed by atoms with Gasteiger partial charge in [0.15, 0.2) is 0 Å². The number of rotatable bonds is 4. The molecule has 0 bridgehead atoms. The standard InChI is InChI=1S/C17H18BrCl2N/c1-10-6-13(7-11(2)17(10)18)16(21-3)8-12-4-5-14(19)9-15(12)20/h4-7,9,16,21H,8H2,1-3H3. The summed E-state index contributed by atoms with van der Waals surface area (Å²) in [6.07, 6.45) is 0.826. The highest BCUT2D eigenvalue weighted by molar-refractivity contribution is 9.10. The fourth-order valence-corrected chi connectivity index (χ4v) is 3.19. The number of nitrogens with one attached hydrogen (secondary N) is 1. The van der Waals surface area contributed by atoms with Gasteiger partial charge in [0.05, 0.1) is 0 Å². The number of likely N-dealkylation sites (N-methyl/N-ethyl adjacent to an activating group) is 1. The Labute approximate surface area is 144 Å². The van der Waals surface area contributed by atoms with Crippen molar-refractivity contribution in [1.82, 2.24) is 5.32 Å². The van der Waals surface area contributed by atoms with Gasteiger partial charge in [-0.15, -0.1) is 0 Å². The van der Waals surface area contributed by atoms with Crippen molar-refractivity contribution in [3.63, 3.8) is 0 Å². The highest BCUT2D eigenvalue weighted by Gasteiger charge is 2.14. The van der Waals surface area contributed by atoms with Crippen molar-refractivity contribution in [2.24, 2.45) is 0 Å². The molecule has 0 fully saturated rings. The number of hydrogen-bond donors (Lipinski definition) is 1. The highest BCUT2D eigenvalue weighted by atomic mass is 79.9. The van der Waals surface area contributed by atoms with E-state index in [1.165, 1.54) is 21.2 Å². The molecule has 2 rings (SSSR count). The molecule has 0 radical (unpaired) electrons. The summed E-state index contributed by atoms with van der Waals surface area (Å²) in [5.74, 6) is 0. The average Bonchev–Trinajstić information content (AvgIpc) is 2.43. The molecular formula is C17H18BrCl2N. The molecule has 2 aromatic carbocycles. The van der Waals surface area contributed by atoms with Crippen molar-refractivity contribution in [3.8, 4) is 0 Å².